The molecular formula is C23H16ClFN4O3. The maximum atomic E-state index is 14.4. The lowest BCUT2D eigenvalue weighted by molar-refractivity contribution is -0.116. The van der Waals surface area contributed by atoms with E-state index in [-0.39, 0.29) is 22.5 Å². The van der Waals surface area contributed by atoms with Crippen LogP contribution in [0.4, 0.5) is 10.1 Å². The first-order valence-electron chi connectivity index (χ1n) is 9.49. The molecule has 0 fully saturated rings. The number of carbonyl (C=O) groups excluding carboxylic acids is 2. The third-order valence-corrected chi connectivity index (χ3v) is 5.08. The quantitative estimate of drug-likeness (QED) is 0.484. The number of para-hydroxylation sites is 1. The van der Waals surface area contributed by atoms with Gasteiger partial charge in [0.25, 0.3) is 5.91 Å². The summed E-state index contributed by atoms with van der Waals surface area (Å²) in [5, 5.41) is 3.36. The van der Waals surface area contributed by atoms with E-state index in [4.69, 9.17) is 17.3 Å². The third-order valence-electron chi connectivity index (χ3n) is 4.84. The molecule has 160 valence electrons. The molecule has 9 heteroatoms. The minimum Gasteiger partial charge on any atom is -0.366 e. The van der Waals surface area contributed by atoms with Gasteiger partial charge in [0.2, 0.25) is 5.91 Å². The summed E-state index contributed by atoms with van der Waals surface area (Å²) >= 11 is 6.14. The molecule has 0 unspecified atom stereocenters. The van der Waals surface area contributed by atoms with Crippen LogP contribution in [-0.4, -0.2) is 21.4 Å². The predicted octanol–water partition coefficient (Wildman–Crippen LogP) is 3.59. The lowest BCUT2D eigenvalue weighted by Crippen LogP contribution is -2.30. The van der Waals surface area contributed by atoms with Crippen molar-refractivity contribution in [1.29, 1.82) is 0 Å². The van der Waals surface area contributed by atoms with E-state index in [0.717, 1.165) is 4.57 Å². The molecule has 0 bridgehead atoms. The fourth-order valence-electron chi connectivity index (χ4n) is 3.40. The highest BCUT2D eigenvalue weighted by molar-refractivity contribution is 6.31. The molecule has 0 aliphatic rings. The van der Waals surface area contributed by atoms with Crippen LogP contribution in [0.5, 0.6) is 0 Å². The van der Waals surface area contributed by atoms with Crippen molar-refractivity contribution in [1.82, 2.24) is 9.55 Å². The molecule has 4 aromatic rings. The summed E-state index contributed by atoms with van der Waals surface area (Å²) < 4.78 is 15.6. The van der Waals surface area contributed by atoms with Crippen molar-refractivity contribution in [3.63, 3.8) is 0 Å². The molecular weight excluding hydrogens is 435 g/mol. The normalized spacial score (nSPS) is 10.8. The first-order chi connectivity index (χ1) is 15.3. The van der Waals surface area contributed by atoms with Crippen molar-refractivity contribution in [3.8, 4) is 11.3 Å². The first-order valence-corrected chi connectivity index (χ1v) is 9.86. The molecule has 2 amide bonds. The highest BCUT2D eigenvalue weighted by Gasteiger charge is 2.18. The second-order valence-corrected chi connectivity index (χ2v) is 7.36. The van der Waals surface area contributed by atoms with Crippen molar-refractivity contribution in [3.05, 3.63) is 93.6 Å². The van der Waals surface area contributed by atoms with Crippen LogP contribution in [0.3, 0.4) is 0 Å². The summed E-state index contributed by atoms with van der Waals surface area (Å²) in [5.74, 6) is -1.81. The number of fused-ring (bicyclic) bond motifs is 1. The standard InChI is InChI=1S/C23H16ClFN4O3/c24-13-9-10-19-16(11-13)21(14-5-1-3-7-17(14)25)28-23(32)29(19)12-20(30)27-18-8-4-2-6-15(18)22(26)31/h1-11H,12H2,(H2,26,31)(H,27,30). The van der Waals surface area contributed by atoms with E-state index in [2.05, 4.69) is 10.3 Å². The van der Waals surface area contributed by atoms with E-state index in [1.807, 2.05) is 0 Å². The number of nitrogens with zero attached hydrogens (tertiary/aromatic N) is 2. The zero-order valence-electron chi connectivity index (χ0n) is 16.5. The van der Waals surface area contributed by atoms with Crippen LogP contribution in [0, 0.1) is 5.82 Å². The second-order valence-electron chi connectivity index (χ2n) is 6.93. The summed E-state index contributed by atoms with van der Waals surface area (Å²) in [6.07, 6.45) is 0. The van der Waals surface area contributed by atoms with Gasteiger partial charge in [-0.1, -0.05) is 35.9 Å². The summed E-state index contributed by atoms with van der Waals surface area (Å²) in [4.78, 5) is 41.1. The Morgan fingerprint density at radius 1 is 1.06 bits per heavy atom. The number of primary amides is 1. The Bertz CT molecular complexity index is 1430. The molecule has 0 aliphatic heterocycles. The zero-order valence-corrected chi connectivity index (χ0v) is 17.3. The van der Waals surface area contributed by atoms with Crippen LogP contribution in [-0.2, 0) is 11.3 Å². The summed E-state index contributed by atoms with van der Waals surface area (Å²) in [5.41, 5.74) is 5.58. The molecule has 0 saturated heterocycles. The van der Waals surface area contributed by atoms with E-state index in [9.17, 15) is 18.8 Å². The molecule has 7 nitrogen and oxygen atoms in total. The zero-order chi connectivity index (χ0) is 22.8. The topological polar surface area (TPSA) is 107 Å². The Labute approximate surface area is 186 Å². The SMILES string of the molecule is NC(=O)c1ccccc1NC(=O)Cn1c(=O)nc(-c2ccccc2F)c2cc(Cl)ccc21. The molecule has 0 atom stereocenters. The highest BCUT2D eigenvalue weighted by atomic mass is 35.5. The fraction of sp³-hybridized carbons (Fsp3) is 0.0435. The molecule has 0 aliphatic carbocycles. The van der Waals surface area contributed by atoms with E-state index < -0.39 is 29.9 Å². The Morgan fingerprint density at radius 2 is 1.78 bits per heavy atom. The number of rotatable bonds is 5. The number of carbonyl (C=O) groups is 2. The lowest BCUT2D eigenvalue weighted by Gasteiger charge is -2.14. The number of aromatic nitrogens is 2. The molecule has 1 aromatic heterocycles. The number of nitrogens with one attached hydrogen (secondary N) is 1. The molecule has 0 spiro atoms. The van der Waals surface area contributed by atoms with Gasteiger partial charge in [-0.3, -0.25) is 14.2 Å². The Kier molecular flexibility index (Phi) is 5.70. The number of hydrogen-bond donors (Lipinski definition) is 2. The fourth-order valence-corrected chi connectivity index (χ4v) is 3.58. The van der Waals surface area contributed by atoms with Gasteiger partial charge in [-0.05, 0) is 42.5 Å². The van der Waals surface area contributed by atoms with Gasteiger partial charge in [0.05, 0.1) is 22.5 Å². The first kappa shape index (κ1) is 21.2. The summed E-state index contributed by atoms with van der Waals surface area (Å²) in [6, 6.07) is 16.9. The molecule has 4 rings (SSSR count). The minimum absolute atomic E-state index is 0.126. The largest absolute Gasteiger partial charge is 0.366 e. The molecule has 0 saturated carbocycles. The molecule has 3 aromatic carbocycles. The third kappa shape index (κ3) is 4.08. The number of anilines is 1. The Morgan fingerprint density at radius 3 is 2.53 bits per heavy atom. The molecule has 3 N–H and O–H groups in total. The summed E-state index contributed by atoms with van der Waals surface area (Å²) in [7, 11) is 0. The Hall–Kier alpha value is -4.04. The number of amides is 2. The van der Waals surface area contributed by atoms with Crippen LogP contribution in [0.1, 0.15) is 10.4 Å². The van der Waals surface area contributed by atoms with Crippen molar-refractivity contribution in [2.45, 2.75) is 6.54 Å². The van der Waals surface area contributed by atoms with Gasteiger partial charge in [-0.2, -0.15) is 4.98 Å². The maximum absolute atomic E-state index is 14.4. The van der Waals surface area contributed by atoms with Crippen molar-refractivity contribution in [2.24, 2.45) is 5.73 Å². The van der Waals surface area contributed by atoms with Crippen LogP contribution in [0.15, 0.2) is 71.5 Å². The average molecular weight is 451 g/mol. The minimum atomic E-state index is -0.739. The Balaban J connectivity index is 1.78. The highest BCUT2D eigenvalue weighted by Crippen LogP contribution is 2.29. The maximum Gasteiger partial charge on any atom is 0.349 e. The van der Waals surface area contributed by atoms with Gasteiger partial charge >= 0.3 is 5.69 Å². The van der Waals surface area contributed by atoms with Gasteiger partial charge in [-0.15, -0.1) is 0 Å². The predicted molar refractivity (Wildman–Crippen MR) is 120 cm³/mol. The second kappa shape index (κ2) is 8.60. The number of benzene rings is 3. The lowest BCUT2D eigenvalue weighted by atomic mass is 10.1. The van der Waals surface area contributed by atoms with Crippen LogP contribution in [0.25, 0.3) is 22.2 Å². The van der Waals surface area contributed by atoms with Gasteiger partial charge in [0.15, 0.2) is 0 Å². The van der Waals surface area contributed by atoms with Gasteiger partial charge in [0.1, 0.15) is 12.4 Å². The van der Waals surface area contributed by atoms with Crippen molar-refractivity contribution < 1.29 is 14.0 Å². The molecule has 32 heavy (non-hydrogen) atoms. The number of nitrogens with two attached hydrogens (primary N) is 1. The summed E-state index contributed by atoms with van der Waals surface area (Å²) in [6.45, 7) is -0.394. The van der Waals surface area contributed by atoms with Crippen molar-refractivity contribution in [2.75, 3.05) is 5.32 Å². The molecule has 1 heterocycles. The molecule has 0 radical (unpaired) electrons. The van der Waals surface area contributed by atoms with Crippen LogP contribution < -0.4 is 16.7 Å². The number of halogens is 2. The average Bonchev–Trinajstić information content (AvgIpc) is 2.76. The van der Waals surface area contributed by atoms with Crippen LogP contribution in [0.2, 0.25) is 5.02 Å². The van der Waals surface area contributed by atoms with E-state index in [1.165, 1.54) is 30.3 Å². The van der Waals surface area contributed by atoms with Crippen LogP contribution >= 0.6 is 11.6 Å². The monoisotopic (exact) mass is 450 g/mol. The van der Waals surface area contributed by atoms with Gasteiger partial charge < -0.3 is 11.1 Å². The van der Waals surface area contributed by atoms with E-state index in [0.29, 0.717) is 15.9 Å². The van der Waals surface area contributed by atoms with E-state index >= 15 is 0 Å². The van der Waals surface area contributed by atoms with Crippen molar-refractivity contribution >= 4 is 40.0 Å². The van der Waals surface area contributed by atoms with E-state index in [1.54, 1.807) is 36.4 Å². The smallest absolute Gasteiger partial charge is 0.349 e. The van der Waals surface area contributed by atoms with Gasteiger partial charge in [0, 0.05) is 16.0 Å². The number of hydrogen-bond acceptors (Lipinski definition) is 4. The van der Waals surface area contributed by atoms with Gasteiger partial charge in [-0.25, -0.2) is 9.18 Å².